The SMILES string of the molecule is CC(C)[C@H](N)C(=O)NCC(=O)N1CCOC(c2ccc(F)cc2)C1. The van der Waals surface area contributed by atoms with Crippen molar-refractivity contribution < 1.29 is 18.7 Å². The molecule has 1 aliphatic heterocycles. The van der Waals surface area contributed by atoms with Gasteiger partial charge in [0, 0.05) is 6.54 Å². The van der Waals surface area contributed by atoms with Gasteiger partial charge in [-0.15, -0.1) is 0 Å². The molecule has 1 unspecified atom stereocenters. The maximum absolute atomic E-state index is 13.0. The van der Waals surface area contributed by atoms with E-state index in [1.165, 1.54) is 12.1 Å². The van der Waals surface area contributed by atoms with Crippen LogP contribution in [0.4, 0.5) is 4.39 Å². The standard InChI is InChI=1S/C17H24FN3O3/c1-11(2)16(19)17(23)20-9-15(22)21-7-8-24-14(10-21)12-3-5-13(18)6-4-12/h3-6,11,14,16H,7-10,19H2,1-2H3,(H,20,23)/t14?,16-/m0/s1. The fourth-order valence-electron chi connectivity index (χ4n) is 2.45. The lowest BCUT2D eigenvalue weighted by Gasteiger charge is -2.33. The molecule has 7 heteroatoms. The van der Waals surface area contributed by atoms with Crippen LogP contribution in [-0.4, -0.2) is 49.0 Å². The van der Waals surface area contributed by atoms with Gasteiger partial charge >= 0.3 is 0 Å². The molecule has 1 aromatic carbocycles. The van der Waals surface area contributed by atoms with Crippen molar-refractivity contribution in [1.82, 2.24) is 10.2 Å². The molecule has 0 spiro atoms. The van der Waals surface area contributed by atoms with E-state index in [9.17, 15) is 14.0 Å². The highest BCUT2D eigenvalue weighted by Crippen LogP contribution is 2.22. The highest BCUT2D eigenvalue weighted by atomic mass is 19.1. The van der Waals surface area contributed by atoms with Crippen molar-refractivity contribution in [3.63, 3.8) is 0 Å². The van der Waals surface area contributed by atoms with Crippen molar-refractivity contribution in [3.8, 4) is 0 Å². The molecule has 132 valence electrons. The molecule has 0 bridgehead atoms. The zero-order valence-corrected chi connectivity index (χ0v) is 14.0. The van der Waals surface area contributed by atoms with E-state index in [2.05, 4.69) is 5.32 Å². The minimum atomic E-state index is -0.630. The van der Waals surface area contributed by atoms with Gasteiger partial charge in [0.05, 0.1) is 25.7 Å². The maximum Gasteiger partial charge on any atom is 0.242 e. The zero-order chi connectivity index (χ0) is 17.7. The zero-order valence-electron chi connectivity index (χ0n) is 14.0. The van der Waals surface area contributed by atoms with Crippen LogP contribution in [0, 0.1) is 11.7 Å². The first kappa shape index (κ1) is 18.4. The first-order valence-electron chi connectivity index (χ1n) is 8.06. The number of benzene rings is 1. The largest absolute Gasteiger partial charge is 0.370 e. The van der Waals surface area contributed by atoms with Gasteiger partial charge in [-0.1, -0.05) is 26.0 Å². The molecule has 1 aliphatic rings. The fourth-order valence-corrected chi connectivity index (χ4v) is 2.45. The van der Waals surface area contributed by atoms with E-state index in [1.807, 2.05) is 13.8 Å². The number of rotatable bonds is 5. The Balaban J connectivity index is 1.88. The molecule has 0 saturated carbocycles. The smallest absolute Gasteiger partial charge is 0.242 e. The van der Waals surface area contributed by atoms with Crippen LogP contribution >= 0.6 is 0 Å². The Morgan fingerprint density at radius 3 is 2.67 bits per heavy atom. The van der Waals surface area contributed by atoms with Gasteiger partial charge in [0.2, 0.25) is 11.8 Å². The van der Waals surface area contributed by atoms with Crippen molar-refractivity contribution in [3.05, 3.63) is 35.6 Å². The first-order chi connectivity index (χ1) is 11.4. The maximum atomic E-state index is 13.0. The molecule has 24 heavy (non-hydrogen) atoms. The molecule has 3 N–H and O–H groups in total. The molecule has 1 heterocycles. The van der Waals surface area contributed by atoms with Crippen molar-refractivity contribution in [2.45, 2.75) is 26.0 Å². The highest BCUT2D eigenvalue weighted by molar-refractivity contribution is 5.87. The summed E-state index contributed by atoms with van der Waals surface area (Å²) in [6, 6.07) is 5.41. The highest BCUT2D eigenvalue weighted by Gasteiger charge is 2.26. The van der Waals surface area contributed by atoms with E-state index < -0.39 is 6.04 Å². The number of carbonyl (C=O) groups excluding carboxylic acids is 2. The lowest BCUT2D eigenvalue weighted by atomic mass is 10.1. The Morgan fingerprint density at radius 2 is 2.04 bits per heavy atom. The molecule has 0 aromatic heterocycles. The summed E-state index contributed by atoms with van der Waals surface area (Å²) in [5, 5.41) is 2.58. The third kappa shape index (κ3) is 4.75. The van der Waals surface area contributed by atoms with Crippen LogP contribution in [0.25, 0.3) is 0 Å². The summed E-state index contributed by atoms with van der Waals surface area (Å²) in [7, 11) is 0. The first-order valence-corrected chi connectivity index (χ1v) is 8.06. The second-order valence-electron chi connectivity index (χ2n) is 6.24. The van der Waals surface area contributed by atoms with Gasteiger partial charge in [-0.25, -0.2) is 4.39 Å². The van der Waals surface area contributed by atoms with Crippen LogP contribution in [0.15, 0.2) is 24.3 Å². The molecule has 6 nitrogen and oxygen atoms in total. The number of nitrogens with two attached hydrogens (primary N) is 1. The number of hydrogen-bond acceptors (Lipinski definition) is 4. The Bertz CT molecular complexity index is 577. The van der Waals surface area contributed by atoms with E-state index in [-0.39, 0.29) is 36.2 Å². The minimum absolute atomic E-state index is 0.00588. The average Bonchev–Trinajstić information content (AvgIpc) is 2.59. The van der Waals surface area contributed by atoms with Crippen LogP contribution in [0.1, 0.15) is 25.5 Å². The summed E-state index contributed by atoms with van der Waals surface area (Å²) < 4.78 is 18.7. The number of nitrogens with one attached hydrogen (secondary N) is 1. The molecular formula is C17H24FN3O3. The Morgan fingerprint density at radius 1 is 1.38 bits per heavy atom. The lowest BCUT2D eigenvalue weighted by molar-refractivity contribution is -0.139. The molecule has 1 saturated heterocycles. The van der Waals surface area contributed by atoms with E-state index in [0.29, 0.717) is 19.7 Å². The quantitative estimate of drug-likeness (QED) is 0.833. The average molecular weight is 337 g/mol. The van der Waals surface area contributed by atoms with Crippen LogP contribution in [0.3, 0.4) is 0 Å². The third-order valence-electron chi connectivity index (χ3n) is 4.10. The Kier molecular flexibility index (Phi) is 6.28. The summed E-state index contributed by atoms with van der Waals surface area (Å²) in [6.07, 6.45) is -0.295. The summed E-state index contributed by atoms with van der Waals surface area (Å²) >= 11 is 0. The van der Waals surface area contributed by atoms with E-state index in [4.69, 9.17) is 10.5 Å². The van der Waals surface area contributed by atoms with Crippen LogP contribution in [0.2, 0.25) is 0 Å². The second kappa shape index (κ2) is 8.21. The van der Waals surface area contributed by atoms with Crippen molar-refractivity contribution in [1.29, 1.82) is 0 Å². The van der Waals surface area contributed by atoms with Gasteiger partial charge in [0.1, 0.15) is 11.9 Å². The van der Waals surface area contributed by atoms with Gasteiger partial charge in [-0.05, 0) is 23.6 Å². The van der Waals surface area contributed by atoms with Gasteiger partial charge in [0.15, 0.2) is 0 Å². The molecule has 1 aromatic rings. The van der Waals surface area contributed by atoms with Gasteiger partial charge in [-0.2, -0.15) is 0 Å². The molecule has 2 rings (SSSR count). The number of amides is 2. The van der Waals surface area contributed by atoms with Gasteiger partial charge < -0.3 is 20.7 Å². The van der Waals surface area contributed by atoms with Crippen LogP contribution < -0.4 is 11.1 Å². The van der Waals surface area contributed by atoms with Crippen molar-refractivity contribution in [2.75, 3.05) is 26.2 Å². The second-order valence-corrected chi connectivity index (χ2v) is 6.24. The Hall–Kier alpha value is -1.99. The van der Waals surface area contributed by atoms with Crippen LogP contribution in [-0.2, 0) is 14.3 Å². The molecule has 2 amide bonds. The fraction of sp³-hybridized carbons (Fsp3) is 0.529. The van der Waals surface area contributed by atoms with E-state index in [1.54, 1.807) is 17.0 Å². The number of hydrogen-bond donors (Lipinski definition) is 2. The summed E-state index contributed by atoms with van der Waals surface area (Å²) in [6.45, 7) is 4.84. The normalized spacial score (nSPS) is 19.2. The minimum Gasteiger partial charge on any atom is -0.370 e. The van der Waals surface area contributed by atoms with E-state index >= 15 is 0 Å². The van der Waals surface area contributed by atoms with Crippen LogP contribution in [0.5, 0.6) is 0 Å². The molecule has 1 fully saturated rings. The van der Waals surface area contributed by atoms with Crippen molar-refractivity contribution in [2.24, 2.45) is 11.7 Å². The number of nitrogens with zero attached hydrogens (tertiary/aromatic N) is 1. The van der Waals surface area contributed by atoms with E-state index in [0.717, 1.165) is 5.56 Å². The van der Waals surface area contributed by atoms with Gasteiger partial charge in [0.25, 0.3) is 0 Å². The topological polar surface area (TPSA) is 84.7 Å². The molecule has 0 aliphatic carbocycles. The lowest BCUT2D eigenvalue weighted by Crippen LogP contribution is -2.50. The third-order valence-corrected chi connectivity index (χ3v) is 4.10. The number of halogens is 1. The Labute approximate surface area is 141 Å². The monoisotopic (exact) mass is 337 g/mol. The number of carbonyl (C=O) groups is 2. The summed E-state index contributed by atoms with van der Waals surface area (Å²) in [4.78, 5) is 25.7. The molecular weight excluding hydrogens is 313 g/mol. The summed E-state index contributed by atoms with van der Waals surface area (Å²) in [5.41, 5.74) is 6.57. The predicted octanol–water partition coefficient (Wildman–Crippen LogP) is 0.825. The van der Waals surface area contributed by atoms with Gasteiger partial charge in [-0.3, -0.25) is 9.59 Å². The van der Waals surface area contributed by atoms with Crippen molar-refractivity contribution >= 4 is 11.8 Å². The predicted molar refractivity (Wildman–Crippen MR) is 87.5 cm³/mol. The molecule has 0 radical (unpaired) electrons. The summed E-state index contributed by atoms with van der Waals surface area (Å²) in [5.74, 6) is -0.825. The molecule has 2 atom stereocenters. The number of morpholine rings is 1. The number of ether oxygens (including phenoxy) is 1.